The first-order valence-electron chi connectivity index (χ1n) is 5.72. The Labute approximate surface area is 99.8 Å². The number of carbonyl (C=O) groups excluding carboxylic acids is 2. The van der Waals surface area contributed by atoms with Gasteiger partial charge in [-0.25, -0.2) is 0 Å². The molecule has 0 unspecified atom stereocenters. The highest BCUT2D eigenvalue weighted by molar-refractivity contribution is 5.98. The average molecular weight is 236 g/mol. The Morgan fingerprint density at radius 1 is 1.59 bits per heavy atom. The standard InChI is InChI=1S/C12H16N2O3/c1-8(2)10-11(15)13-4-5-14(10)12(16)9-3-6-17-7-9/h3,6-8,10H,4-5H2,1-2H3,(H,13,15)/t10-/m0/s1. The molecule has 0 radical (unpaired) electrons. The van der Waals surface area contributed by atoms with Gasteiger partial charge >= 0.3 is 0 Å². The summed E-state index contributed by atoms with van der Waals surface area (Å²) in [7, 11) is 0. The van der Waals surface area contributed by atoms with Crippen LogP contribution in [0, 0.1) is 5.92 Å². The SMILES string of the molecule is CC(C)[C@H]1C(=O)NCCN1C(=O)c1ccoc1. The molecule has 1 saturated heterocycles. The predicted molar refractivity (Wildman–Crippen MR) is 61.4 cm³/mol. The van der Waals surface area contributed by atoms with Gasteiger partial charge in [-0.1, -0.05) is 13.8 Å². The van der Waals surface area contributed by atoms with Crippen LogP contribution in [-0.2, 0) is 4.79 Å². The molecule has 5 nitrogen and oxygen atoms in total. The summed E-state index contributed by atoms with van der Waals surface area (Å²) in [5, 5.41) is 2.79. The van der Waals surface area contributed by atoms with E-state index in [1.807, 2.05) is 13.8 Å². The molecule has 5 heteroatoms. The van der Waals surface area contributed by atoms with Crippen molar-refractivity contribution in [1.29, 1.82) is 0 Å². The Morgan fingerprint density at radius 3 is 2.94 bits per heavy atom. The van der Waals surface area contributed by atoms with Crippen LogP contribution in [-0.4, -0.2) is 35.8 Å². The van der Waals surface area contributed by atoms with Crippen molar-refractivity contribution in [1.82, 2.24) is 10.2 Å². The second-order valence-electron chi connectivity index (χ2n) is 4.49. The molecule has 1 aromatic rings. The highest BCUT2D eigenvalue weighted by Gasteiger charge is 2.35. The summed E-state index contributed by atoms with van der Waals surface area (Å²) in [6.07, 6.45) is 2.87. The molecule has 1 fully saturated rings. The molecule has 2 rings (SSSR count). The number of furan rings is 1. The second-order valence-corrected chi connectivity index (χ2v) is 4.49. The van der Waals surface area contributed by atoms with Crippen LogP contribution in [0.15, 0.2) is 23.0 Å². The molecule has 0 aromatic carbocycles. The van der Waals surface area contributed by atoms with Gasteiger partial charge in [-0.2, -0.15) is 0 Å². The number of nitrogens with zero attached hydrogens (tertiary/aromatic N) is 1. The zero-order valence-electron chi connectivity index (χ0n) is 9.97. The molecular formula is C12H16N2O3. The third-order valence-corrected chi connectivity index (χ3v) is 2.92. The zero-order chi connectivity index (χ0) is 12.4. The molecule has 0 saturated carbocycles. The lowest BCUT2D eigenvalue weighted by Crippen LogP contribution is -2.59. The molecule has 2 heterocycles. The third-order valence-electron chi connectivity index (χ3n) is 2.92. The van der Waals surface area contributed by atoms with E-state index in [0.29, 0.717) is 18.7 Å². The van der Waals surface area contributed by atoms with E-state index in [9.17, 15) is 9.59 Å². The van der Waals surface area contributed by atoms with Gasteiger partial charge in [0.2, 0.25) is 5.91 Å². The smallest absolute Gasteiger partial charge is 0.257 e. The maximum Gasteiger partial charge on any atom is 0.257 e. The summed E-state index contributed by atoms with van der Waals surface area (Å²) >= 11 is 0. The predicted octanol–water partition coefficient (Wildman–Crippen LogP) is 0.876. The molecule has 1 atom stereocenters. The van der Waals surface area contributed by atoms with Crippen molar-refractivity contribution >= 4 is 11.8 Å². The monoisotopic (exact) mass is 236 g/mol. The van der Waals surface area contributed by atoms with Gasteiger partial charge < -0.3 is 14.6 Å². The quantitative estimate of drug-likeness (QED) is 0.829. The molecule has 0 aliphatic carbocycles. The van der Waals surface area contributed by atoms with Crippen molar-refractivity contribution in [3.8, 4) is 0 Å². The minimum Gasteiger partial charge on any atom is -0.472 e. The van der Waals surface area contributed by atoms with E-state index in [-0.39, 0.29) is 17.7 Å². The number of carbonyl (C=O) groups is 2. The molecule has 0 bridgehead atoms. The van der Waals surface area contributed by atoms with Gasteiger partial charge in [-0.15, -0.1) is 0 Å². The van der Waals surface area contributed by atoms with Gasteiger partial charge in [-0.05, 0) is 12.0 Å². The normalized spacial score (nSPS) is 20.5. The van der Waals surface area contributed by atoms with E-state index in [1.54, 1.807) is 11.0 Å². The van der Waals surface area contributed by atoms with E-state index in [4.69, 9.17) is 4.42 Å². The van der Waals surface area contributed by atoms with Crippen LogP contribution in [0.3, 0.4) is 0 Å². The second kappa shape index (κ2) is 4.61. The summed E-state index contributed by atoms with van der Waals surface area (Å²) in [4.78, 5) is 25.6. The molecule has 1 aliphatic heterocycles. The summed E-state index contributed by atoms with van der Waals surface area (Å²) in [5.41, 5.74) is 0.491. The molecular weight excluding hydrogens is 220 g/mol. The first-order valence-corrected chi connectivity index (χ1v) is 5.72. The summed E-state index contributed by atoms with van der Waals surface area (Å²) < 4.78 is 4.90. The fourth-order valence-electron chi connectivity index (χ4n) is 2.13. The number of rotatable bonds is 2. The molecule has 92 valence electrons. The van der Waals surface area contributed by atoms with Gasteiger partial charge in [-0.3, -0.25) is 9.59 Å². The lowest BCUT2D eigenvalue weighted by molar-refractivity contribution is -0.129. The third kappa shape index (κ3) is 2.18. The summed E-state index contributed by atoms with van der Waals surface area (Å²) in [6.45, 7) is 4.92. The van der Waals surface area contributed by atoms with Crippen molar-refractivity contribution in [2.45, 2.75) is 19.9 Å². The molecule has 2 amide bonds. The van der Waals surface area contributed by atoms with Crippen LogP contribution in [0.4, 0.5) is 0 Å². The number of nitrogens with one attached hydrogen (secondary N) is 1. The lowest BCUT2D eigenvalue weighted by Gasteiger charge is -2.37. The molecule has 1 aromatic heterocycles. The number of piperazine rings is 1. The van der Waals surface area contributed by atoms with Crippen LogP contribution >= 0.6 is 0 Å². The number of hydrogen-bond acceptors (Lipinski definition) is 3. The van der Waals surface area contributed by atoms with Crippen molar-refractivity contribution in [3.63, 3.8) is 0 Å². The van der Waals surface area contributed by atoms with Crippen LogP contribution < -0.4 is 5.32 Å². The molecule has 1 N–H and O–H groups in total. The summed E-state index contributed by atoms with van der Waals surface area (Å²) in [5.74, 6) is -0.137. The molecule has 0 spiro atoms. The molecule has 17 heavy (non-hydrogen) atoms. The largest absolute Gasteiger partial charge is 0.472 e. The number of amides is 2. The van der Waals surface area contributed by atoms with Gasteiger partial charge in [0.15, 0.2) is 0 Å². The van der Waals surface area contributed by atoms with Crippen molar-refractivity contribution < 1.29 is 14.0 Å². The fourth-order valence-corrected chi connectivity index (χ4v) is 2.13. The number of hydrogen-bond donors (Lipinski definition) is 1. The minimum absolute atomic E-state index is 0.0805. The van der Waals surface area contributed by atoms with E-state index < -0.39 is 6.04 Å². The summed E-state index contributed by atoms with van der Waals surface area (Å²) in [6, 6.07) is 1.22. The average Bonchev–Trinajstić information content (AvgIpc) is 2.80. The lowest BCUT2D eigenvalue weighted by atomic mass is 9.99. The van der Waals surface area contributed by atoms with Gasteiger partial charge in [0.1, 0.15) is 12.3 Å². The zero-order valence-corrected chi connectivity index (χ0v) is 9.97. The van der Waals surface area contributed by atoms with Gasteiger partial charge in [0, 0.05) is 13.1 Å². The fraction of sp³-hybridized carbons (Fsp3) is 0.500. The van der Waals surface area contributed by atoms with Crippen LogP contribution in [0.1, 0.15) is 24.2 Å². The first kappa shape index (κ1) is 11.7. The Hall–Kier alpha value is -1.78. The van der Waals surface area contributed by atoms with E-state index in [2.05, 4.69) is 5.32 Å². The highest BCUT2D eigenvalue weighted by Crippen LogP contribution is 2.17. The van der Waals surface area contributed by atoms with Crippen molar-refractivity contribution in [2.75, 3.05) is 13.1 Å². The van der Waals surface area contributed by atoms with Gasteiger partial charge in [0.05, 0.1) is 11.8 Å². The van der Waals surface area contributed by atoms with E-state index in [1.165, 1.54) is 12.5 Å². The Kier molecular flexibility index (Phi) is 3.17. The first-order chi connectivity index (χ1) is 8.11. The minimum atomic E-state index is -0.397. The van der Waals surface area contributed by atoms with Crippen LogP contribution in [0.2, 0.25) is 0 Å². The van der Waals surface area contributed by atoms with Gasteiger partial charge in [0.25, 0.3) is 5.91 Å². The van der Waals surface area contributed by atoms with E-state index in [0.717, 1.165) is 0 Å². The maximum atomic E-state index is 12.2. The Balaban J connectivity index is 2.23. The Morgan fingerprint density at radius 2 is 2.35 bits per heavy atom. The maximum absolute atomic E-state index is 12.2. The molecule has 1 aliphatic rings. The highest BCUT2D eigenvalue weighted by atomic mass is 16.3. The van der Waals surface area contributed by atoms with Crippen LogP contribution in [0.5, 0.6) is 0 Å². The van der Waals surface area contributed by atoms with Crippen molar-refractivity contribution in [2.24, 2.45) is 5.92 Å². The Bertz CT molecular complexity index is 411. The van der Waals surface area contributed by atoms with Crippen molar-refractivity contribution in [3.05, 3.63) is 24.2 Å². The van der Waals surface area contributed by atoms with Crippen LogP contribution in [0.25, 0.3) is 0 Å². The topological polar surface area (TPSA) is 62.6 Å². The van der Waals surface area contributed by atoms with E-state index >= 15 is 0 Å².